The minimum absolute atomic E-state index is 0.0233. The van der Waals surface area contributed by atoms with Crippen molar-refractivity contribution < 1.29 is 14.3 Å². The summed E-state index contributed by atoms with van der Waals surface area (Å²) >= 11 is 5.20. The summed E-state index contributed by atoms with van der Waals surface area (Å²) in [7, 11) is 3.19. The maximum absolute atomic E-state index is 12.0. The van der Waals surface area contributed by atoms with Crippen molar-refractivity contribution in [2.75, 3.05) is 14.2 Å². The van der Waals surface area contributed by atoms with Crippen LogP contribution in [0.4, 0.5) is 0 Å². The lowest BCUT2D eigenvalue weighted by Gasteiger charge is -2.30. The smallest absolute Gasteiger partial charge is 0.171 e. The number of carbonyl (C=O) groups is 1. The van der Waals surface area contributed by atoms with Crippen LogP contribution in [0.3, 0.4) is 0 Å². The number of Topliss-reactive ketones (excluding diaryl/α,β-unsaturated/α-hetero) is 1. The molecule has 0 saturated carbocycles. The van der Waals surface area contributed by atoms with Gasteiger partial charge in [0, 0.05) is 16.8 Å². The largest absolute Gasteiger partial charge is 0.497 e. The molecule has 0 saturated heterocycles. The molecule has 0 bridgehead atoms. The summed E-state index contributed by atoms with van der Waals surface area (Å²) in [4.78, 5) is 12.0. The molecule has 1 atom stereocenters. The van der Waals surface area contributed by atoms with Crippen molar-refractivity contribution in [1.82, 2.24) is 10.6 Å². The Bertz CT molecular complexity index is 625. The molecule has 6 heteroatoms. The van der Waals surface area contributed by atoms with Crippen LogP contribution in [0.15, 0.2) is 29.5 Å². The third-order valence-corrected chi connectivity index (χ3v) is 3.62. The van der Waals surface area contributed by atoms with Gasteiger partial charge in [0.05, 0.1) is 20.3 Å². The van der Waals surface area contributed by atoms with Crippen LogP contribution in [0, 0.1) is 0 Å². The van der Waals surface area contributed by atoms with E-state index in [9.17, 15) is 4.79 Å². The first kappa shape index (κ1) is 15.3. The number of nitrogens with one attached hydrogen (secondary N) is 2. The fourth-order valence-electron chi connectivity index (χ4n) is 2.46. The molecule has 0 spiro atoms. The van der Waals surface area contributed by atoms with Gasteiger partial charge in [0.25, 0.3) is 0 Å². The zero-order chi connectivity index (χ0) is 15.6. The summed E-state index contributed by atoms with van der Waals surface area (Å²) in [5, 5.41) is 6.59. The quantitative estimate of drug-likeness (QED) is 0.831. The van der Waals surface area contributed by atoms with Gasteiger partial charge < -0.3 is 20.1 Å². The Kier molecular flexibility index (Phi) is 4.47. The van der Waals surface area contributed by atoms with Crippen LogP contribution in [-0.4, -0.2) is 25.1 Å². The number of ketones is 1. The number of allylic oxidation sites excluding steroid dienone is 1. The maximum Gasteiger partial charge on any atom is 0.171 e. The molecule has 2 rings (SSSR count). The highest BCUT2D eigenvalue weighted by molar-refractivity contribution is 7.80. The first-order chi connectivity index (χ1) is 9.97. The van der Waals surface area contributed by atoms with Gasteiger partial charge in [-0.25, -0.2) is 0 Å². The normalized spacial score (nSPS) is 17.9. The van der Waals surface area contributed by atoms with Crippen LogP contribution in [-0.2, 0) is 4.79 Å². The Balaban J connectivity index is 2.59. The molecule has 1 aliphatic heterocycles. The number of benzene rings is 1. The van der Waals surface area contributed by atoms with Crippen molar-refractivity contribution in [2.24, 2.45) is 0 Å². The molecule has 1 aliphatic rings. The van der Waals surface area contributed by atoms with Crippen molar-refractivity contribution in [1.29, 1.82) is 0 Å². The number of ether oxygens (including phenoxy) is 2. The molecule has 1 aromatic rings. The Morgan fingerprint density at radius 3 is 2.57 bits per heavy atom. The molecular formula is C15H18N2O3S. The van der Waals surface area contributed by atoms with Crippen molar-refractivity contribution in [2.45, 2.75) is 19.9 Å². The van der Waals surface area contributed by atoms with E-state index in [1.807, 2.05) is 25.1 Å². The minimum Gasteiger partial charge on any atom is -0.497 e. The second kappa shape index (κ2) is 6.13. The van der Waals surface area contributed by atoms with Crippen LogP contribution in [0.2, 0.25) is 0 Å². The van der Waals surface area contributed by atoms with E-state index < -0.39 is 0 Å². The molecule has 1 aromatic carbocycles. The fraction of sp³-hybridized carbons (Fsp3) is 0.333. The topological polar surface area (TPSA) is 59.6 Å². The minimum atomic E-state index is -0.360. The number of rotatable bonds is 4. The Labute approximate surface area is 129 Å². The third-order valence-electron chi connectivity index (χ3n) is 3.40. The maximum atomic E-state index is 12.0. The number of thiocarbonyl (C=S) groups is 1. The molecule has 21 heavy (non-hydrogen) atoms. The second-order valence-electron chi connectivity index (χ2n) is 4.73. The molecule has 5 nitrogen and oxygen atoms in total. The van der Waals surface area contributed by atoms with Crippen molar-refractivity contribution >= 4 is 23.1 Å². The van der Waals surface area contributed by atoms with Gasteiger partial charge in [0.2, 0.25) is 0 Å². The standard InChI is InChI=1S/C15H18N2O3S/c1-8-13(9(2)18)14(17-15(21)16-8)11-7-10(19-3)5-6-12(11)20-4/h5-7,14H,1-4H3,(H2,16,17,21)/t14-/m1/s1. The Morgan fingerprint density at radius 2 is 2.00 bits per heavy atom. The first-order valence-electron chi connectivity index (χ1n) is 6.49. The molecule has 112 valence electrons. The summed E-state index contributed by atoms with van der Waals surface area (Å²) in [6.07, 6.45) is 0. The summed E-state index contributed by atoms with van der Waals surface area (Å²) < 4.78 is 10.7. The van der Waals surface area contributed by atoms with Crippen molar-refractivity contribution in [3.8, 4) is 11.5 Å². The lowest BCUT2D eigenvalue weighted by Crippen LogP contribution is -2.44. The zero-order valence-corrected chi connectivity index (χ0v) is 13.3. The molecule has 1 heterocycles. The van der Waals surface area contributed by atoms with Gasteiger partial charge >= 0.3 is 0 Å². The molecule has 0 fully saturated rings. The lowest BCUT2D eigenvalue weighted by molar-refractivity contribution is -0.114. The predicted molar refractivity (Wildman–Crippen MR) is 84.5 cm³/mol. The van der Waals surface area contributed by atoms with E-state index in [0.29, 0.717) is 22.2 Å². The summed E-state index contributed by atoms with van der Waals surface area (Å²) in [6.45, 7) is 3.37. The van der Waals surface area contributed by atoms with Gasteiger partial charge in [-0.3, -0.25) is 4.79 Å². The predicted octanol–water partition coefficient (Wildman–Crippen LogP) is 2.09. The van der Waals surface area contributed by atoms with E-state index in [2.05, 4.69) is 10.6 Å². The van der Waals surface area contributed by atoms with Crippen LogP contribution in [0.1, 0.15) is 25.5 Å². The molecule has 0 aliphatic carbocycles. The van der Waals surface area contributed by atoms with Gasteiger partial charge in [-0.15, -0.1) is 0 Å². The van der Waals surface area contributed by atoms with E-state index in [4.69, 9.17) is 21.7 Å². The van der Waals surface area contributed by atoms with Crippen molar-refractivity contribution in [3.63, 3.8) is 0 Å². The SMILES string of the molecule is COc1ccc(OC)c([C@H]2NC(=S)NC(C)=C2C(C)=O)c1. The summed E-state index contributed by atoms with van der Waals surface area (Å²) in [5.41, 5.74) is 2.20. The van der Waals surface area contributed by atoms with Crippen molar-refractivity contribution in [3.05, 3.63) is 35.0 Å². The van der Waals surface area contributed by atoms with Crippen LogP contribution >= 0.6 is 12.2 Å². The monoisotopic (exact) mass is 306 g/mol. The Hall–Kier alpha value is -2.08. The summed E-state index contributed by atoms with van der Waals surface area (Å²) in [6, 6.07) is 5.11. The van der Waals surface area contributed by atoms with E-state index in [0.717, 1.165) is 11.3 Å². The second-order valence-corrected chi connectivity index (χ2v) is 5.14. The zero-order valence-electron chi connectivity index (χ0n) is 12.4. The van der Waals surface area contributed by atoms with Crippen LogP contribution in [0.5, 0.6) is 11.5 Å². The average Bonchev–Trinajstić information content (AvgIpc) is 2.45. The molecule has 0 aromatic heterocycles. The van der Waals surface area contributed by atoms with Gasteiger partial charge in [0.1, 0.15) is 11.5 Å². The van der Waals surface area contributed by atoms with E-state index in [1.54, 1.807) is 14.2 Å². The van der Waals surface area contributed by atoms with Gasteiger partial charge in [-0.05, 0) is 44.3 Å². The van der Waals surface area contributed by atoms with Crippen LogP contribution in [0.25, 0.3) is 0 Å². The first-order valence-corrected chi connectivity index (χ1v) is 6.90. The number of hydrogen-bond donors (Lipinski definition) is 2. The lowest BCUT2D eigenvalue weighted by atomic mass is 9.92. The highest BCUT2D eigenvalue weighted by Crippen LogP contribution is 2.35. The fourth-order valence-corrected chi connectivity index (χ4v) is 2.73. The molecule has 0 radical (unpaired) electrons. The van der Waals surface area contributed by atoms with Gasteiger partial charge in [0.15, 0.2) is 10.9 Å². The van der Waals surface area contributed by atoms with Gasteiger partial charge in [-0.2, -0.15) is 0 Å². The van der Waals surface area contributed by atoms with E-state index in [1.165, 1.54) is 6.92 Å². The van der Waals surface area contributed by atoms with Crippen LogP contribution < -0.4 is 20.1 Å². The number of hydrogen-bond acceptors (Lipinski definition) is 4. The molecular weight excluding hydrogens is 288 g/mol. The number of methoxy groups -OCH3 is 2. The molecule has 2 N–H and O–H groups in total. The van der Waals surface area contributed by atoms with E-state index >= 15 is 0 Å². The highest BCUT2D eigenvalue weighted by Gasteiger charge is 2.30. The summed E-state index contributed by atoms with van der Waals surface area (Å²) in [5.74, 6) is 1.34. The Morgan fingerprint density at radius 1 is 1.29 bits per heavy atom. The van der Waals surface area contributed by atoms with Gasteiger partial charge in [-0.1, -0.05) is 0 Å². The van der Waals surface area contributed by atoms with E-state index in [-0.39, 0.29) is 11.8 Å². The average molecular weight is 306 g/mol. The highest BCUT2D eigenvalue weighted by atomic mass is 32.1. The third kappa shape index (κ3) is 3.00. The molecule has 0 amide bonds. The number of carbonyl (C=O) groups excluding carboxylic acids is 1. The molecule has 0 unspecified atom stereocenters.